The first-order valence-corrected chi connectivity index (χ1v) is 9.28. The van der Waals surface area contributed by atoms with Gasteiger partial charge in [-0.3, -0.25) is 0 Å². The standard InChI is InChI=1S/C14H14BrNO2S2/c15-13-8-4-5-9-14(13)20(17,18)16-10-11-19-12-6-2-1-3-7-12/h1-9,16H,10-11H2. The Kier molecular flexibility index (Phi) is 5.65. The second kappa shape index (κ2) is 7.26. The Morgan fingerprint density at radius 3 is 2.35 bits per heavy atom. The lowest BCUT2D eigenvalue weighted by Crippen LogP contribution is -2.26. The van der Waals surface area contributed by atoms with Gasteiger partial charge in [0.25, 0.3) is 0 Å². The van der Waals surface area contributed by atoms with Crippen molar-refractivity contribution in [3.8, 4) is 0 Å². The number of nitrogens with one attached hydrogen (secondary N) is 1. The first kappa shape index (κ1) is 15.6. The Balaban J connectivity index is 1.89. The number of benzene rings is 2. The summed E-state index contributed by atoms with van der Waals surface area (Å²) in [7, 11) is -3.46. The van der Waals surface area contributed by atoms with E-state index in [1.165, 1.54) is 0 Å². The predicted molar refractivity (Wildman–Crippen MR) is 86.5 cm³/mol. The Morgan fingerprint density at radius 1 is 1.00 bits per heavy atom. The molecule has 2 aromatic rings. The van der Waals surface area contributed by atoms with Crippen molar-refractivity contribution in [3.63, 3.8) is 0 Å². The molecule has 0 radical (unpaired) electrons. The summed E-state index contributed by atoms with van der Waals surface area (Å²) in [6.07, 6.45) is 0. The van der Waals surface area contributed by atoms with E-state index < -0.39 is 10.0 Å². The van der Waals surface area contributed by atoms with Crippen LogP contribution in [0.1, 0.15) is 0 Å². The average Bonchev–Trinajstić information content (AvgIpc) is 2.45. The number of halogens is 1. The van der Waals surface area contributed by atoms with E-state index in [9.17, 15) is 8.42 Å². The summed E-state index contributed by atoms with van der Waals surface area (Å²) >= 11 is 4.88. The fourth-order valence-electron chi connectivity index (χ4n) is 1.60. The van der Waals surface area contributed by atoms with Gasteiger partial charge in [-0.05, 0) is 40.2 Å². The quantitative estimate of drug-likeness (QED) is 0.624. The smallest absolute Gasteiger partial charge is 0.210 e. The van der Waals surface area contributed by atoms with Gasteiger partial charge in [0.1, 0.15) is 0 Å². The number of hydrogen-bond acceptors (Lipinski definition) is 3. The molecule has 0 aliphatic rings. The minimum atomic E-state index is -3.46. The lowest BCUT2D eigenvalue weighted by atomic mass is 10.4. The molecule has 20 heavy (non-hydrogen) atoms. The molecule has 0 saturated carbocycles. The summed E-state index contributed by atoms with van der Waals surface area (Å²) < 4.78 is 27.4. The van der Waals surface area contributed by atoms with Crippen LogP contribution in [0.3, 0.4) is 0 Å². The van der Waals surface area contributed by atoms with Gasteiger partial charge in [-0.15, -0.1) is 11.8 Å². The molecule has 6 heteroatoms. The summed E-state index contributed by atoms with van der Waals surface area (Å²) in [5, 5.41) is 0. The van der Waals surface area contributed by atoms with Crippen molar-refractivity contribution in [1.82, 2.24) is 4.72 Å². The Labute approximate surface area is 132 Å². The summed E-state index contributed by atoms with van der Waals surface area (Å²) in [4.78, 5) is 1.40. The fraction of sp³-hybridized carbons (Fsp3) is 0.143. The van der Waals surface area contributed by atoms with Crippen molar-refractivity contribution >= 4 is 37.7 Å². The van der Waals surface area contributed by atoms with Gasteiger partial charge in [-0.2, -0.15) is 0 Å². The molecule has 0 saturated heterocycles. The van der Waals surface area contributed by atoms with Crippen LogP contribution in [0.5, 0.6) is 0 Å². The second-order valence-corrected chi connectivity index (χ2v) is 7.75. The maximum atomic E-state index is 12.1. The van der Waals surface area contributed by atoms with Crippen LogP contribution in [0.4, 0.5) is 0 Å². The molecule has 0 fully saturated rings. The van der Waals surface area contributed by atoms with Gasteiger partial charge in [-0.1, -0.05) is 30.3 Å². The molecule has 0 unspecified atom stereocenters. The summed E-state index contributed by atoms with van der Waals surface area (Å²) in [6, 6.07) is 16.7. The zero-order chi connectivity index (χ0) is 14.4. The van der Waals surface area contributed by atoms with Crippen molar-refractivity contribution in [1.29, 1.82) is 0 Å². The highest BCUT2D eigenvalue weighted by Crippen LogP contribution is 2.21. The molecule has 0 atom stereocenters. The van der Waals surface area contributed by atoms with Crippen LogP contribution in [0, 0.1) is 0 Å². The highest BCUT2D eigenvalue weighted by Gasteiger charge is 2.15. The van der Waals surface area contributed by atoms with E-state index in [-0.39, 0.29) is 4.90 Å². The summed E-state index contributed by atoms with van der Waals surface area (Å²) in [5.41, 5.74) is 0. The molecule has 0 aliphatic heterocycles. The summed E-state index contributed by atoms with van der Waals surface area (Å²) in [5.74, 6) is 0.688. The van der Waals surface area contributed by atoms with Crippen LogP contribution in [-0.4, -0.2) is 20.7 Å². The molecule has 2 aromatic carbocycles. The molecule has 0 heterocycles. The normalized spacial score (nSPS) is 11.4. The Hall–Kier alpha value is -0.820. The molecule has 3 nitrogen and oxygen atoms in total. The number of hydrogen-bond donors (Lipinski definition) is 1. The minimum Gasteiger partial charge on any atom is -0.210 e. The van der Waals surface area contributed by atoms with Crippen molar-refractivity contribution in [2.75, 3.05) is 12.3 Å². The van der Waals surface area contributed by atoms with E-state index >= 15 is 0 Å². The van der Waals surface area contributed by atoms with Crippen LogP contribution >= 0.6 is 27.7 Å². The topological polar surface area (TPSA) is 46.2 Å². The predicted octanol–water partition coefficient (Wildman–Crippen LogP) is 3.52. The average molecular weight is 372 g/mol. The third-order valence-electron chi connectivity index (χ3n) is 2.53. The van der Waals surface area contributed by atoms with E-state index in [1.54, 1.807) is 36.0 Å². The maximum Gasteiger partial charge on any atom is 0.241 e. The molecule has 0 aliphatic carbocycles. The third-order valence-corrected chi connectivity index (χ3v) is 6.02. The highest BCUT2D eigenvalue weighted by atomic mass is 79.9. The van der Waals surface area contributed by atoms with Gasteiger partial charge in [0.2, 0.25) is 10.0 Å². The zero-order valence-corrected chi connectivity index (χ0v) is 13.8. The lowest BCUT2D eigenvalue weighted by molar-refractivity contribution is 0.583. The van der Waals surface area contributed by atoms with Gasteiger partial charge in [-0.25, -0.2) is 13.1 Å². The number of sulfonamides is 1. The van der Waals surface area contributed by atoms with Crippen molar-refractivity contribution < 1.29 is 8.42 Å². The molecule has 0 spiro atoms. The lowest BCUT2D eigenvalue weighted by Gasteiger charge is -2.08. The maximum absolute atomic E-state index is 12.1. The SMILES string of the molecule is O=S(=O)(NCCSc1ccccc1)c1ccccc1Br. The number of rotatable bonds is 6. The van der Waals surface area contributed by atoms with E-state index in [1.807, 2.05) is 30.3 Å². The van der Waals surface area contributed by atoms with Gasteiger partial charge >= 0.3 is 0 Å². The Morgan fingerprint density at radius 2 is 1.65 bits per heavy atom. The highest BCUT2D eigenvalue weighted by molar-refractivity contribution is 9.10. The molecule has 106 valence electrons. The molecule has 0 bridgehead atoms. The monoisotopic (exact) mass is 371 g/mol. The van der Waals surface area contributed by atoms with Crippen molar-refractivity contribution in [2.24, 2.45) is 0 Å². The van der Waals surface area contributed by atoms with E-state index in [4.69, 9.17) is 0 Å². The number of thioether (sulfide) groups is 1. The first-order chi connectivity index (χ1) is 9.59. The molecule has 1 N–H and O–H groups in total. The van der Waals surface area contributed by atoms with Gasteiger partial charge in [0.05, 0.1) is 4.90 Å². The van der Waals surface area contributed by atoms with E-state index in [0.29, 0.717) is 16.8 Å². The van der Waals surface area contributed by atoms with E-state index in [2.05, 4.69) is 20.7 Å². The van der Waals surface area contributed by atoms with Crippen LogP contribution < -0.4 is 4.72 Å². The second-order valence-electron chi connectivity index (χ2n) is 3.99. The third kappa shape index (κ3) is 4.34. The van der Waals surface area contributed by atoms with Crippen LogP contribution in [0.25, 0.3) is 0 Å². The van der Waals surface area contributed by atoms with Gasteiger partial charge < -0.3 is 0 Å². The molecule has 0 aromatic heterocycles. The molecular weight excluding hydrogens is 358 g/mol. The fourth-order valence-corrected chi connectivity index (χ4v) is 4.55. The van der Waals surface area contributed by atoms with Crippen LogP contribution in [0.2, 0.25) is 0 Å². The zero-order valence-electron chi connectivity index (χ0n) is 10.6. The Bertz CT molecular complexity index is 660. The molecule has 2 rings (SSSR count). The van der Waals surface area contributed by atoms with Crippen LogP contribution in [-0.2, 0) is 10.0 Å². The van der Waals surface area contributed by atoms with Gasteiger partial charge in [0, 0.05) is 21.7 Å². The van der Waals surface area contributed by atoms with Crippen molar-refractivity contribution in [2.45, 2.75) is 9.79 Å². The largest absolute Gasteiger partial charge is 0.241 e. The minimum absolute atomic E-state index is 0.268. The molecule has 0 amide bonds. The molecular formula is C14H14BrNO2S2. The van der Waals surface area contributed by atoms with Crippen LogP contribution in [0.15, 0.2) is 68.9 Å². The first-order valence-electron chi connectivity index (χ1n) is 6.01. The van der Waals surface area contributed by atoms with Gasteiger partial charge in [0.15, 0.2) is 0 Å². The summed E-state index contributed by atoms with van der Waals surface area (Å²) in [6.45, 7) is 0.392. The van der Waals surface area contributed by atoms with E-state index in [0.717, 1.165) is 4.90 Å². The van der Waals surface area contributed by atoms with Crippen molar-refractivity contribution in [3.05, 3.63) is 59.1 Å².